The van der Waals surface area contributed by atoms with Gasteiger partial charge in [0.25, 0.3) is 5.91 Å². The summed E-state index contributed by atoms with van der Waals surface area (Å²) in [6, 6.07) is -2.07. The molecule has 9 nitrogen and oxygen atoms in total. The van der Waals surface area contributed by atoms with Crippen LogP contribution in [0.1, 0.15) is 34.1 Å². The molecule has 0 spiro atoms. The standard InChI is InChI=1S/C15H23N3O6/c1-5-23-14(21)11-12(19)17-8-16-10(6-9(17)7-18(11)22)13(20)24-15(2,3)4/h7,10-11,16,22H,5-6,8H2,1-4H3. The lowest BCUT2D eigenvalue weighted by molar-refractivity contribution is -0.178. The predicted molar refractivity (Wildman–Crippen MR) is 81.2 cm³/mol. The number of amides is 1. The monoisotopic (exact) mass is 341 g/mol. The summed E-state index contributed by atoms with van der Waals surface area (Å²) in [5.74, 6) is -1.87. The van der Waals surface area contributed by atoms with Crippen LogP contribution in [0.2, 0.25) is 0 Å². The quantitative estimate of drug-likeness (QED) is 0.543. The summed E-state index contributed by atoms with van der Waals surface area (Å²) in [5, 5.41) is 13.4. The largest absolute Gasteiger partial charge is 0.464 e. The molecule has 134 valence electrons. The minimum atomic E-state index is -1.44. The van der Waals surface area contributed by atoms with Crippen LogP contribution in [0.3, 0.4) is 0 Å². The molecule has 1 amide bonds. The second-order valence-electron chi connectivity index (χ2n) is 6.57. The Bertz CT molecular complexity index is 568. The van der Waals surface area contributed by atoms with E-state index in [2.05, 4.69) is 5.32 Å². The van der Waals surface area contributed by atoms with Crippen molar-refractivity contribution in [2.45, 2.75) is 51.8 Å². The molecule has 1 fully saturated rings. The molecule has 2 heterocycles. The van der Waals surface area contributed by atoms with E-state index < -0.39 is 35.5 Å². The van der Waals surface area contributed by atoms with Gasteiger partial charge in [-0.05, 0) is 27.7 Å². The number of hydroxylamine groups is 2. The van der Waals surface area contributed by atoms with Crippen molar-refractivity contribution >= 4 is 17.8 Å². The van der Waals surface area contributed by atoms with Crippen molar-refractivity contribution in [3.8, 4) is 0 Å². The van der Waals surface area contributed by atoms with Crippen LogP contribution in [0.4, 0.5) is 0 Å². The third kappa shape index (κ3) is 3.85. The summed E-state index contributed by atoms with van der Waals surface area (Å²) < 4.78 is 10.1. The first-order chi connectivity index (χ1) is 11.1. The lowest BCUT2D eigenvalue weighted by Gasteiger charge is -2.41. The van der Waals surface area contributed by atoms with E-state index in [0.717, 1.165) is 0 Å². The Labute approximate surface area is 140 Å². The lowest BCUT2D eigenvalue weighted by Crippen LogP contribution is -2.60. The van der Waals surface area contributed by atoms with Crippen LogP contribution in [-0.4, -0.2) is 64.0 Å². The molecular formula is C15H23N3O6. The minimum absolute atomic E-state index is 0.0400. The van der Waals surface area contributed by atoms with Crippen molar-refractivity contribution in [3.05, 3.63) is 11.9 Å². The fourth-order valence-electron chi connectivity index (χ4n) is 2.49. The van der Waals surface area contributed by atoms with Crippen LogP contribution in [0.25, 0.3) is 0 Å². The Morgan fingerprint density at radius 2 is 2.04 bits per heavy atom. The Morgan fingerprint density at radius 1 is 1.38 bits per heavy atom. The zero-order valence-electron chi connectivity index (χ0n) is 14.2. The Kier molecular flexibility index (Phi) is 5.14. The minimum Gasteiger partial charge on any atom is -0.464 e. The van der Waals surface area contributed by atoms with Gasteiger partial charge in [-0.25, -0.2) is 9.86 Å². The molecule has 2 unspecified atom stereocenters. The van der Waals surface area contributed by atoms with Crippen LogP contribution in [0.5, 0.6) is 0 Å². The molecule has 2 aliphatic heterocycles. The van der Waals surface area contributed by atoms with E-state index in [9.17, 15) is 19.6 Å². The van der Waals surface area contributed by atoms with Crippen molar-refractivity contribution < 1.29 is 29.1 Å². The number of esters is 2. The van der Waals surface area contributed by atoms with Crippen molar-refractivity contribution in [2.24, 2.45) is 0 Å². The van der Waals surface area contributed by atoms with Gasteiger partial charge in [-0.1, -0.05) is 0 Å². The molecular weight excluding hydrogens is 318 g/mol. The zero-order chi connectivity index (χ0) is 18.1. The van der Waals surface area contributed by atoms with Crippen molar-refractivity contribution in [3.63, 3.8) is 0 Å². The highest BCUT2D eigenvalue weighted by atomic mass is 16.6. The maximum absolute atomic E-state index is 12.4. The number of rotatable bonds is 3. The molecule has 0 aliphatic carbocycles. The van der Waals surface area contributed by atoms with Gasteiger partial charge in [0.15, 0.2) is 0 Å². The fraction of sp³-hybridized carbons (Fsp3) is 0.667. The Balaban J connectivity index is 2.12. The molecule has 2 aliphatic rings. The van der Waals surface area contributed by atoms with E-state index in [4.69, 9.17) is 9.47 Å². The van der Waals surface area contributed by atoms with Gasteiger partial charge < -0.3 is 9.47 Å². The van der Waals surface area contributed by atoms with Crippen LogP contribution in [0, 0.1) is 0 Å². The number of nitrogens with one attached hydrogen (secondary N) is 1. The summed E-state index contributed by atoms with van der Waals surface area (Å²) in [7, 11) is 0. The third-order valence-corrected chi connectivity index (χ3v) is 3.50. The first kappa shape index (κ1) is 18.2. The average Bonchev–Trinajstić information content (AvgIpc) is 2.45. The van der Waals surface area contributed by atoms with E-state index in [-0.39, 0.29) is 19.7 Å². The molecule has 0 bridgehead atoms. The SMILES string of the molecule is CCOC(=O)C1C(=O)N2CNC(C(=O)OC(C)(C)C)CC2=CN1O. The molecule has 2 atom stereocenters. The van der Waals surface area contributed by atoms with E-state index in [1.165, 1.54) is 11.1 Å². The van der Waals surface area contributed by atoms with Crippen LogP contribution < -0.4 is 5.32 Å². The summed E-state index contributed by atoms with van der Waals surface area (Å²) >= 11 is 0. The third-order valence-electron chi connectivity index (χ3n) is 3.50. The normalized spacial score (nSPS) is 24.2. The van der Waals surface area contributed by atoms with Crippen molar-refractivity contribution in [1.29, 1.82) is 0 Å². The maximum Gasteiger partial charge on any atom is 0.341 e. The summed E-state index contributed by atoms with van der Waals surface area (Å²) in [5.41, 5.74) is -0.192. The van der Waals surface area contributed by atoms with Gasteiger partial charge in [0.1, 0.15) is 11.6 Å². The van der Waals surface area contributed by atoms with Crippen molar-refractivity contribution in [1.82, 2.24) is 15.3 Å². The second-order valence-corrected chi connectivity index (χ2v) is 6.57. The smallest absolute Gasteiger partial charge is 0.341 e. The molecule has 2 rings (SSSR count). The predicted octanol–water partition coefficient (Wildman–Crippen LogP) is -0.0460. The van der Waals surface area contributed by atoms with Crippen molar-refractivity contribution in [2.75, 3.05) is 13.3 Å². The number of hydrogen-bond acceptors (Lipinski definition) is 8. The van der Waals surface area contributed by atoms with E-state index in [1.54, 1.807) is 27.7 Å². The van der Waals surface area contributed by atoms with Crippen LogP contribution >= 0.6 is 0 Å². The maximum atomic E-state index is 12.4. The van der Waals surface area contributed by atoms with Gasteiger partial charge in [0.2, 0.25) is 6.04 Å². The van der Waals surface area contributed by atoms with Gasteiger partial charge >= 0.3 is 11.9 Å². The zero-order valence-corrected chi connectivity index (χ0v) is 14.2. The second kappa shape index (κ2) is 6.78. The number of hydrogen-bond donors (Lipinski definition) is 2. The van der Waals surface area contributed by atoms with Gasteiger partial charge in [0.05, 0.1) is 13.3 Å². The Morgan fingerprint density at radius 3 is 2.62 bits per heavy atom. The average molecular weight is 341 g/mol. The topological polar surface area (TPSA) is 108 Å². The van der Waals surface area contributed by atoms with Gasteiger partial charge in [-0.3, -0.25) is 25.0 Å². The number of carbonyl (C=O) groups is 3. The highest BCUT2D eigenvalue weighted by Crippen LogP contribution is 2.25. The van der Waals surface area contributed by atoms with Crippen LogP contribution in [0.15, 0.2) is 11.9 Å². The molecule has 0 aromatic rings. The molecule has 9 heteroatoms. The molecule has 0 radical (unpaired) electrons. The molecule has 24 heavy (non-hydrogen) atoms. The summed E-state index contributed by atoms with van der Waals surface area (Å²) in [6.45, 7) is 7.06. The highest BCUT2D eigenvalue weighted by molar-refractivity contribution is 6.03. The number of fused-ring (bicyclic) bond motifs is 1. The molecule has 0 aromatic carbocycles. The Hall–Kier alpha value is -2.13. The van der Waals surface area contributed by atoms with Gasteiger partial charge in [-0.15, -0.1) is 0 Å². The summed E-state index contributed by atoms with van der Waals surface area (Å²) in [4.78, 5) is 37.7. The molecule has 1 saturated heterocycles. The van der Waals surface area contributed by atoms with E-state index in [1.807, 2.05) is 0 Å². The molecule has 0 saturated carbocycles. The number of carbonyl (C=O) groups excluding carboxylic acids is 3. The first-order valence-corrected chi connectivity index (χ1v) is 7.76. The lowest BCUT2D eigenvalue weighted by atomic mass is 10.0. The van der Waals surface area contributed by atoms with Gasteiger partial charge in [0, 0.05) is 18.3 Å². The molecule has 2 N–H and O–H groups in total. The van der Waals surface area contributed by atoms with Gasteiger partial charge in [-0.2, -0.15) is 0 Å². The van der Waals surface area contributed by atoms with E-state index in [0.29, 0.717) is 10.8 Å². The molecule has 0 aromatic heterocycles. The number of nitrogens with zero attached hydrogens (tertiary/aromatic N) is 2. The van der Waals surface area contributed by atoms with E-state index >= 15 is 0 Å². The summed E-state index contributed by atoms with van der Waals surface area (Å²) in [6.07, 6.45) is 1.43. The first-order valence-electron chi connectivity index (χ1n) is 7.76. The number of ether oxygens (including phenoxy) is 2. The fourth-order valence-corrected chi connectivity index (χ4v) is 2.49. The highest BCUT2D eigenvalue weighted by Gasteiger charge is 2.44. The van der Waals surface area contributed by atoms with Crippen LogP contribution in [-0.2, 0) is 23.9 Å².